The van der Waals surface area contributed by atoms with Crippen LogP contribution in [0.3, 0.4) is 0 Å². The molecule has 2 aromatic rings. The number of hydrogen-bond acceptors (Lipinski definition) is 3. The summed E-state index contributed by atoms with van der Waals surface area (Å²) in [5.74, 6) is 0.559. The van der Waals surface area contributed by atoms with Gasteiger partial charge in [-0.3, -0.25) is 4.79 Å². The third kappa shape index (κ3) is 5.04. The maximum atomic E-state index is 12.7. The van der Waals surface area contributed by atoms with E-state index >= 15 is 0 Å². The fourth-order valence-corrected chi connectivity index (χ4v) is 5.54. The minimum Gasteiger partial charge on any atom is -0.342 e. The zero-order chi connectivity index (χ0) is 20.9. The molecule has 0 radical (unpaired) electrons. The molecule has 0 unspecified atom stereocenters. The smallest absolute Gasteiger partial charge is 0.319 e. The Morgan fingerprint density at radius 3 is 2.50 bits per heavy atom. The van der Waals surface area contributed by atoms with E-state index in [0.29, 0.717) is 5.91 Å². The fraction of sp³-hybridized carbons (Fsp3) is 0.500. The van der Waals surface area contributed by atoms with Gasteiger partial charge >= 0.3 is 6.03 Å². The summed E-state index contributed by atoms with van der Waals surface area (Å²) >= 11 is 1.71. The van der Waals surface area contributed by atoms with E-state index in [-0.39, 0.29) is 18.0 Å². The van der Waals surface area contributed by atoms with Crippen LogP contribution in [0.1, 0.15) is 50.5 Å². The van der Waals surface area contributed by atoms with Crippen molar-refractivity contribution in [3.05, 3.63) is 41.3 Å². The number of thiophene rings is 1. The Balaban J connectivity index is 1.26. The first-order valence-corrected chi connectivity index (χ1v) is 12.0. The molecule has 0 bridgehead atoms. The number of nitrogens with one attached hydrogen (secondary N) is 2. The van der Waals surface area contributed by atoms with Crippen molar-refractivity contribution < 1.29 is 9.59 Å². The van der Waals surface area contributed by atoms with Crippen molar-refractivity contribution in [1.82, 2.24) is 10.2 Å². The summed E-state index contributed by atoms with van der Waals surface area (Å²) in [6.07, 6.45) is 7.36. The molecule has 1 saturated heterocycles. The molecule has 2 N–H and O–H groups in total. The van der Waals surface area contributed by atoms with Crippen LogP contribution in [0, 0.1) is 12.8 Å². The number of aryl methyl sites for hydroxylation is 1. The average molecular weight is 426 g/mol. The van der Waals surface area contributed by atoms with Gasteiger partial charge in [-0.05, 0) is 67.3 Å². The molecule has 1 aliphatic carbocycles. The molecule has 2 fully saturated rings. The molecule has 1 aromatic carbocycles. The van der Waals surface area contributed by atoms with Crippen molar-refractivity contribution in [2.75, 3.05) is 18.4 Å². The third-order valence-corrected chi connectivity index (χ3v) is 7.41. The van der Waals surface area contributed by atoms with Gasteiger partial charge in [-0.1, -0.05) is 31.4 Å². The van der Waals surface area contributed by atoms with Crippen LogP contribution in [0.4, 0.5) is 10.5 Å². The first-order valence-electron chi connectivity index (χ1n) is 11.1. The Bertz CT molecular complexity index is 880. The van der Waals surface area contributed by atoms with Gasteiger partial charge in [-0.25, -0.2) is 4.79 Å². The van der Waals surface area contributed by atoms with Crippen molar-refractivity contribution in [2.45, 2.75) is 57.9 Å². The van der Waals surface area contributed by atoms with E-state index < -0.39 is 0 Å². The van der Waals surface area contributed by atoms with Crippen LogP contribution in [0.5, 0.6) is 0 Å². The molecule has 1 aliphatic heterocycles. The van der Waals surface area contributed by atoms with Gasteiger partial charge in [0.15, 0.2) is 0 Å². The zero-order valence-electron chi connectivity index (χ0n) is 17.7. The molecule has 1 aromatic heterocycles. The summed E-state index contributed by atoms with van der Waals surface area (Å²) in [7, 11) is 0. The largest absolute Gasteiger partial charge is 0.342 e. The number of carbonyl (C=O) groups excluding carboxylic acids is 2. The number of rotatable bonds is 4. The van der Waals surface area contributed by atoms with E-state index in [1.54, 1.807) is 11.3 Å². The Kier molecular flexibility index (Phi) is 6.72. The number of likely N-dealkylation sites (tertiary alicyclic amines) is 1. The highest BCUT2D eigenvalue weighted by Gasteiger charge is 2.29. The fourth-order valence-electron chi connectivity index (χ4n) is 4.61. The van der Waals surface area contributed by atoms with Crippen molar-refractivity contribution in [3.8, 4) is 10.4 Å². The number of benzene rings is 1. The summed E-state index contributed by atoms with van der Waals surface area (Å²) in [6.45, 7) is 3.59. The predicted octanol–water partition coefficient (Wildman–Crippen LogP) is 5.42. The van der Waals surface area contributed by atoms with Crippen LogP contribution >= 0.6 is 11.3 Å². The van der Waals surface area contributed by atoms with Crippen LogP contribution in [0.25, 0.3) is 10.4 Å². The van der Waals surface area contributed by atoms with Gasteiger partial charge in [-0.15, -0.1) is 11.3 Å². The summed E-state index contributed by atoms with van der Waals surface area (Å²) in [6, 6.07) is 10.0. The van der Waals surface area contributed by atoms with Gasteiger partial charge < -0.3 is 15.5 Å². The van der Waals surface area contributed by atoms with Gasteiger partial charge in [-0.2, -0.15) is 0 Å². The van der Waals surface area contributed by atoms with Gasteiger partial charge in [0, 0.05) is 35.6 Å². The molecule has 6 heteroatoms. The van der Waals surface area contributed by atoms with Gasteiger partial charge in [0.2, 0.25) is 5.91 Å². The molecule has 160 valence electrons. The van der Waals surface area contributed by atoms with E-state index in [0.717, 1.165) is 50.0 Å². The first-order chi connectivity index (χ1) is 14.6. The number of piperidine rings is 1. The lowest BCUT2D eigenvalue weighted by Crippen LogP contribution is -2.49. The second kappa shape index (κ2) is 9.65. The molecule has 0 atom stereocenters. The van der Waals surface area contributed by atoms with Crippen molar-refractivity contribution in [1.29, 1.82) is 0 Å². The van der Waals surface area contributed by atoms with Crippen LogP contribution in [0.15, 0.2) is 35.7 Å². The Hall–Kier alpha value is -2.34. The number of anilines is 1. The van der Waals surface area contributed by atoms with Crippen LogP contribution in [0.2, 0.25) is 0 Å². The SMILES string of the molecule is Cc1ccsc1-c1cccc(NC(=O)NC2CCN(C(=O)C3CCCCC3)CC2)c1. The summed E-state index contributed by atoms with van der Waals surface area (Å²) < 4.78 is 0. The van der Waals surface area contributed by atoms with Crippen LogP contribution < -0.4 is 10.6 Å². The van der Waals surface area contributed by atoms with E-state index in [1.807, 2.05) is 23.1 Å². The molecule has 1 saturated carbocycles. The van der Waals surface area contributed by atoms with E-state index in [2.05, 4.69) is 35.1 Å². The molecule has 5 nitrogen and oxygen atoms in total. The molecule has 3 amide bonds. The Labute approximate surface area is 182 Å². The van der Waals surface area contributed by atoms with E-state index in [1.165, 1.54) is 29.7 Å². The number of nitrogens with zero attached hydrogens (tertiary/aromatic N) is 1. The number of carbonyl (C=O) groups is 2. The molecule has 0 spiro atoms. The van der Waals surface area contributed by atoms with Gasteiger partial charge in [0.1, 0.15) is 0 Å². The van der Waals surface area contributed by atoms with E-state index in [4.69, 9.17) is 0 Å². The molecular weight excluding hydrogens is 394 g/mol. The first kappa shape index (κ1) is 20.9. The van der Waals surface area contributed by atoms with Crippen molar-refractivity contribution in [3.63, 3.8) is 0 Å². The highest BCUT2D eigenvalue weighted by atomic mass is 32.1. The molecular formula is C24H31N3O2S. The highest BCUT2D eigenvalue weighted by molar-refractivity contribution is 7.13. The lowest BCUT2D eigenvalue weighted by atomic mass is 9.87. The maximum Gasteiger partial charge on any atom is 0.319 e. The maximum absolute atomic E-state index is 12.7. The van der Waals surface area contributed by atoms with Gasteiger partial charge in [0.05, 0.1) is 0 Å². The van der Waals surface area contributed by atoms with Crippen molar-refractivity contribution in [2.24, 2.45) is 5.92 Å². The second-order valence-corrected chi connectivity index (χ2v) is 9.46. The molecule has 4 rings (SSSR count). The number of amides is 3. The normalized spacial score (nSPS) is 18.2. The quantitative estimate of drug-likeness (QED) is 0.687. The standard InChI is InChI=1S/C24H31N3O2S/c1-17-12-15-30-22(17)19-8-5-9-21(16-19)26-24(29)25-20-10-13-27(14-11-20)23(28)18-6-3-2-4-7-18/h5,8-9,12,15-16,18,20H,2-4,6-7,10-11,13-14H2,1H3,(H2,25,26,29). The monoisotopic (exact) mass is 425 g/mol. The summed E-state index contributed by atoms with van der Waals surface area (Å²) in [4.78, 5) is 28.5. The molecule has 30 heavy (non-hydrogen) atoms. The van der Waals surface area contributed by atoms with Crippen molar-refractivity contribution >= 4 is 29.0 Å². The van der Waals surface area contributed by atoms with Gasteiger partial charge in [0.25, 0.3) is 0 Å². The second-order valence-electron chi connectivity index (χ2n) is 8.55. The lowest BCUT2D eigenvalue weighted by molar-refractivity contribution is -0.137. The third-order valence-electron chi connectivity index (χ3n) is 6.34. The Morgan fingerprint density at radius 2 is 1.80 bits per heavy atom. The Morgan fingerprint density at radius 1 is 1.03 bits per heavy atom. The van der Waals surface area contributed by atoms with Crippen LogP contribution in [-0.2, 0) is 4.79 Å². The average Bonchev–Trinajstić information content (AvgIpc) is 3.20. The highest BCUT2D eigenvalue weighted by Crippen LogP contribution is 2.30. The number of urea groups is 1. The number of hydrogen-bond donors (Lipinski definition) is 2. The molecule has 2 heterocycles. The lowest BCUT2D eigenvalue weighted by Gasteiger charge is -2.35. The summed E-state index contributed by atoms with van der Waals surface area (Å²) in [5, 5.41) is 8.14. The summed E-state index contributed by atoms with van der Waals surface area (Å²) in [5.41, 5.74) is 3.16. The topological polar surface area (TPSA) is 61.4 Å². The van der Waals surface area contributed by atoms with E-state index in [9.17, 15) is 9.59 Å². The van der Waals surface area contributed by atoms with Crippen LogP contribution in [-0.4, -0.2) is 36.0 Å². The zero-order valence-corrected chi connectivity index (χ0v) is 18.5. The minimum absolute atomic E-state index is 0.114. The predicted molar refractivity (Wildman–Crippen MR) is 123 cm³/mol. The minimum atomic E-state index is -0.174. The molecule has 2 aliphatic rings.